The van der Waals surface area contributed by atoms with Gasteiger partial charge in [-0.15, -0.1) is 0 Å². The van der Waals surface area contributed by atoms with Crippen LogP contribution in [-0.4, -0.2) is 0 Å². The first kappa shape index (κ1) is 16.4. The maximum absolute atomic E-state index is 2.32. The molecule has 0 fully saturated rings. The van der Waals surface area contributed by atoms with Crippen LogP contribution >= 0.6 is 0 Å². The molecule has 3 aromatic carbocycles. The molecule has 0 aliphatic rings. The molecular formula is C24H25+. The van der Waals surface area contributed by atoms with Crippen molar-refractivity contribution in [3.05, 3.63) is 113 Å². The van der Waals surface area contributed by atoms with Gasteiger partial charge in [-0.2, -0.15) is 0 Å². The van der Waals surface area contributed by atoms with Gasteiger partial charge in [0.25, 0.3) is 0 Å². The Morgan fingerprint density at radius 2 is 1.12 bits per heavy atom. The maximum Gasteiger partial charge on any atom is 0.0756 e. The Morgan fingerprint density at radius 3 is 1.58 bits per heavy atom. The first-order valence-electron chi connectivity index (χ1n) is 8.68. The van der Waals surface area contributed by atoms with Crippen molar-refractivity contribution in [2.75, 3.05) is 0 Å². The van der Waals surface area contributed by atoms with E-state index in [1.54, 1.807) is 0 Å². The second-order valence-electron chi connectivity index (χ2n) is 6.73. The Bertz CT molecular complexity index is 706. The molecule has 0 aliphatic carbocycles. The fraction of sp³-hybridized carbons (Fsp3) is 0.208. The molecule has 0 amide bonds. The van der Waals surface area contributed by atoms with Crippen molar-refractivity contribution in [2.24, 2.45) is 0 Å². The summed E-state index contributed by atoms with van der Waals surface area (Å²) < 4.78 is 0. The predicted molar refractivity (Wildman–Crippen MR) is 103 cm³/mol. The van der Waals surface area contributed by atoms with E-state index in [1.165, 1.54) is 33.7 Å². The molecule has 0 radical (unpaired) electrons. The van der Waals surface area contributed by atoms with Gasteiger partial charge in [0.2, 0.25) is 0 Å². The molecule has 0 aromatic heterocycles. The van der Waals surface area contributed by atoms with Crippen LogP contribution in [0, 0.1) is 19.8 Å². The van der Waals surface area contributed by atoms with Crippen molar-refractivity contribution in [1.29, 1.82) is 0 Å². The van der Waals surface area contributed by atoms with Gasteiger partial charge in [-0.05, 0) is 60.7 Å². The lowest BCUT2D eigenvalue weighted by Crippen LogP contribution is -2.07. The van der Waals surface area contributed by atoms with Crippen molar-refractivity contribution in [2.45, 2.75) is 33.1 Å². The van der Waals surface area contributed by atoms with E-state index in [4.69, 9.17) is 0 Å². The monoisotopic (exact) mass is 313 g/mol. The summed E-state index contributed by atoms with van der Waals surface area (Å²) in [6.45, 7) is 6.60. The minimum atomic E-state index is 0.490. The van der Waals surface area contributed by atoms with Crippen LogP contribution in [0.5, 0.6) is 0 Å². The van der Waals surface area contributed by atoms with Crippen LogP contribution in [0.15, 0.2) is 78.9 Å². The lowest BCUT2D eigenvalue weighted by Gasteiger charge is -2.18. The predicted octanol–water partition coefficient (Wildman–Crippen LogP) is 6.47. The summed E-state index contributed by atoms with van der Waals surface area (Å²) in [5.41, 5.74) is 6.66. The maximum atomic E-state index is 2.32. The Balaban J connectivity index is 1.92. The molecule has 0 spiro atoms. The Labute approximate surface area is 146 Å². The molecule has 1 atom stereocenters. The number of rotatable bonds is 5. The molecule has 0 saturated heterocycles. The van der Waals surface area contributed by atoms with E-state index >= 15 is 0 Å². The van der Waals surface area contributed by atoms with Gasteiger partial charge in [-0.3, -0.25) is 0 Å². The lowest BCUT2D eigenvalue weighted by atomic mass is 9.81. The summed E-state index contributed by atoms with van der Waals surface area (Å²) in [6.07, 6.45) is 1.04. The van der Waals surface area contributed by atoms with Crippen LogP contribution in [0.4, 0.5) is 0 Å². The molecule has 0 heterocycles. The highest BCUT2D eigenvalue weighted by molar-refractivity contribution is 5.47. The zero-order valence-corrected chi connectivity index (χ0v) is 14.8. The molecule has 3 rings (SSSR count). The van der Waals surface area contributed by atoms with E-state index in [-0.39, 0.29) is 0 Å². The van der Waals surface area contributed by atoms with Crippen molar-refractivity contribution in [3.63, 3.8) is 0 Å². The first-order chi connectivity index (χ1) is 11.6. The smallest absolute Gasteiger partial charge is 0.0622 e. The van der Waals surface area contributed by atoms with E-state index in [0.717, 1.165) is 6.42 Å². The molecule has 1 unspecified atom stereocenters. The highest BCUT2D eigenvalue weighted by Gasteiger charge is 2.23. The van der Waals surface area contributed by atoms with E-state index in [9.17, 15) is 0 Å². The van der Waals surface area contributed by atoms with E-state index < -0.39 is 0 Å². The molecule has 0 N–H and O–H groups in total. The Hall–Kier alpha value is -2.47. The summed E-state index contributed by atoms with van der Waals surface area (Å²) in [7, 11) is 0. The molecule has 0 nitrogen and oxygen atoms in total. The van der Waals surface area contributed by atoms with Crippen LogP contribution in [0.3, 0.4) is 0 Å². The number of aryl methyl sites for hydroxylation is 2. The van der Waals surface area contributed by atoms with Crippen LogP contribution in [0.25, 0.3) is 0 Å². The van der Waals surface area contributed by atoms with Crippen LogP contribution in [0.1, 0.15) is 47.1 Å². The first-order valence-corrected chi connectivity index (χ1v) is 8.68. The molecule has 0 heteroatoms. The summed E-state index contributed by atoms with van der Waals surface area (Å²) >= 11 is 0. The fourth-order valence-electron chi connectivity index (χ4n) is 3.12. The normalized spacial score (nSPS) is 12.0. The standard InChI is InChI=1S/C24H25/c1-18-9-13-22(14-10-18)24(23-15-11-19(2)12-16-23)17-20(3)21-7-5-4-6-8-21/h4-16,20H,17H2,1-3H3/q+1. The third kappa shape index (κ3) is 3.89. The SMILES string of the molecule is Cc1ccc([C+](CC(C)c2ccccc2)c2ccc(C)cc2)cc1. The van der Waals surface area contributed by atoms with Crippen molar-refractivity contribution in [3.8, 4) is 0 Å². The minimum absolute atomic E-state index is 0.490. The van der Waals surface area contributed by atoms with Crippen LogP contribution < -0.4 is 0 Å². The summed E-state index contributed by atoms with van der Waals surface area (Å²) in [5.74, 6) is 1.91. The van der Waals surface area contributed by atoms with Crippen molar-refractivity contribution >= 4 is 0 Å². The summed E-state index contributed by atoms with van der Waals surface area (Å²) in [6, 6.07) is 28.6. The number of hydrogen-bond acceptors (Lipinski definition) is 0. The number of benzene rings is 3. The average molecular weight is 313 g/mol. The van der Waals surface area contributed by atoms with Gasteiger partial charge in [0.05, 0.1) is 11.1 Å². The quantitative estimate of drug-likeness (QED) is 0.474. The van der Waals surface area contributed by atoms with Crippen LogP contribution in [0.2, 0.25) is 0 Å². The molecule has 3 aromatic rings. The molecular weight excluding hydrogens is 288 g/mol. The fourth-order valence-corrected chi connectivity index (χ4v) is 3.12. The average Bonchev–Trinajstić information content (AvgIpc) is 2.62. The second kappa shape index (κ2) is 7.40. The van der Waals surface area contributed by atoms with Gasteiger partial charge in [0, 0.05) is 36.6 Å². The zero-order valence-electron chi connectivity index (χ0n) is 14.8. The van der Waals surface area contributed by atoms with Gasteiger partial charge < -0.3 is 0 Å². The van der Waals surface area contributed by atoms with Crippen LogP contribution in [-0.2, 0) is 0 Å². The molecule has 0 aliphatic heterocycles. The molecule has 120 valence electrons. The van der Waals surface area contributed by atoms with E-state index in [2.05, 4.69) is 99.6 Å². The Kier molecular flexibility index (Phi) is 5.05. The van der Waals surface area contributed by atoms with Gasteiger partial charge >= 0.3 is 0 Å². The van der Waals surface area contributed by atoms with E-state index in [0.29, 0.717) is 5.92 Å². The summed E-state index contributed by atoms with van der Waals surface area (Å²) in [4.78, 5) is 0. The minimum Gasteiger partial charge on any atom is -0.0622 e. The van der Waals surface area contributed by atoms with Gasteiger partial charge in [-0.1, -0.05) is 37.3 Å². The topological polar surface area (TPSA) is 0 Å². The van der Waals surface area contributed by atoms with Gasteiger partial charge in [0.15, 0.2) is 0 Å². The highest BCUT2D eigenvalue weighted by Crippen LogP contribution is 2.34. The van der Waals surface area contributed by atoms with Crippen molar-refractivity contribution in [1.82, 2.24) is 0 Å². The second-order valence-corrected chi connectivity index (χ2v) is 6.73. The third-order valence-corrected chi connectivity index (χ3v) is 4.68. The largest absolute Gasteiger partial charge is 0.0756 e. The number of hydrogen-bond donors (Lipinski definition) is 0. The highest BCUT2D eigenvalue weighted by atomic mass is 14.2. The lowest BCUT2D eigenvalue weighted by molar-refractivity contribution is 0.718. The van der Waals surface area contributed by atoms with Crippen molar-refractivity contribution < 1.29 is 0 Å². The molecule has 24 heavy (non-hydrogen) atoms. The van der Waals surface area contributed by atoms with E-state index in [1.807, 2.05) is 0 Å². The van der Waals surface area contributed by atoms with Gasteiger partial charge in [-0.25, -0.2) is 0 Å². The molecule has 0 saturated carbocycles. The molecule has 0 bridgehead atoms. The Morgan fingerprint density at radius 1 is 0.667 bits per heavy atom. The summed E-state index contributed by atoms with van der Waals surface area (Å²) in [5, 5.41) is 0. The third-order valence-electron chi connectivity index (χ3n) is 4.68. The van der Waals surface area contributed by atoms with Gasteiger partial charge in [0.1, 0.15) is 0 Å². The zero-order chi connectivity index (χ0) is 16.9.